The Morgan fingerprint density at radius 1 is 1.30 bits per heavy atom. The van der Waals surface area contributed by atoms with Gasteiger partial charge >= 0.3 is 0 Å². The Labute approximate surface area is 119 Å². The second kappa shape index (κ2) is 5.71. The minimum Gasteiger partial charge on any atom is -0.310 e. The van der Waals surface area contributed by atoms with Crippen molar-refractivity contribution in [3.8, 4) is 0 Å². The zero-order valence-corrected chi connectivity index (χ0v) is 11.6. The van der Waals surface area contributed by atoms with Crippen molar-refractivity contribution in [2.45, 2.75) is 38.3 Å². The molecule has 0 amide bonds. The van der Waals surface area contributed by atoms with Gasteiger partial charge in [-0.1, -0.05) is 12.1 Å². The first-order valence-corrected chi connectivity index (χ1v) is 7.10. The highest BCUT2D eigenvalue weighted by atomic mass is 19.1. The van der Waals surface area contributed by atoms with Gasteiger partial charge in [0, 0.05) is 25.0 Å². The molecule has 0 aliphatic heterocycles. The average molecular weight is 270 g/mol. The molecule has 0 radical (unpaired) electrons. The van der Waals surface area contributed by atoms with Crippen LogP contribution in [0.3, 0.4) is 0 Å². The first-order chi connectivity index (χ1) is 9.72. The van der Waals surface area contributed by atoms with Crippen molar-refractivity contribution < 1.29 is 4.39 Å². The second-order valence-electron chi connectivity index (χ2n) is 5.60. The SMILES string of the molecule is Cc1cnccc1CNC1CC(c2cccc(F)c2)C1. The van der Waals surface area contributed by atoms with Gasteiger partial charge in [-0.15, -0.1) is 0 Å². The van der Waals surface area contributed by atoms with Gasteiger partial charge in [0.1, 0.15) is 5.82 Å². The smallest absolute Gasteiger partial charge is 0.123 e. The molecular formula is C17H19FN2. The molecule has 2 nitrogen and oxygen atoms in total. The first kappa shape index (κ1) is 13.3. The number of aromatic nitrogens is 1. The van der Waals surface area contributed by atoms with E-state index in [2.05, 4.69) is 23.3 Å². The maximum Gasteiger partial charge on any atom is 0.123 e. The van der Waals surface area contributed by atoms with Crippen LogP contribution in [-0.2, 0) is 6.54 Å². The minimum absolute atomic E-state index is 0.133. The maximum atomic E-state index is 13.2. The molecule has 104 valence electrons. The van der Waals surface area contributed by atoms with Crippen molar-refractivity contribution >= 4 is 0 Å². The molecule has 0 spiro atoms. The van der Waals surface area contributed by atoms with Crippen molar-refractivity contribution in [2.75, 3.05) is 0 Å². The van der Waals surface area contributed by atoms with Crippen molar-refractivity contribution in [1.82, 2.24) is 10.3 Å². The van der Waals surface area contributed by atoms with Crippen LogP contribution in [0.5, 0.6) is 0 Å². The molecule has 2 aromatic rings. The number of nitrogens with one attached hydrogen (secondary N) is 1. The van der Waals surface area contributed by atoms with Gasteiger partial charge in [0.25, 0.3) is 0 Å². The highest BCUT2D eigenvalue weighted by Gasteiger charge is 2.29. The van der Waals surface area contributed by atoms with Crippen molar-refractivity contribution in [2.24, 2.45) is 0 Å². The Balaban J connectivity index is 1.50. The second-order valence-corrected chi connectivity index (χ2v) is 5.60. The first-order valence-electron chi connectivity index (χ1n) is 7.10. The summed E-state index contributed by atoms with van der Waals surface area (Å²) in [6.45, 7) is 2.97. The molecule has 1 aliphatic rings. The summed E-state index contributed by atoms with van der Waals surface area (Å²) in [7, 11) is 0. The fraction of sp³-hybridized carbons (Fsp3) is 0.353. The summed E-state index contributed by atoms with van der Waals surface area (Å²) >= 11 is 0. The zero-order chi connectivity index (χ0) is 13.9. The molecule has 0 atom stereocenters. The largest absolute Gasteiger partial charge is 0.310 e. The fourth-order valence-electron chi connectivity index (χ4n) is 2.77. The van der Waals surface area contributed by atoms with E-state index < -0.39 is 0 Å². The number of hydrogen-bond acceptors (Lipinski definition) is 2. The van der Waals surface area contributed by atoms with Crippen molar-refractivity contribution in [1.29, 1.82) is 0 Å². The molecule has 0 bridgehead atoms. The molecule has 0 unspecified atom stereocenters. The van der Waals surface area contributed by atoms with Crippen molar-refractivity contribution in [3.05, 3.63) is 65.2 Å². The monoisotopic (exact) mass is 270 g/mol. The highest BCUT2D eigenvalue weighted by molar-refractivity contribution is 5.25. The standard InChI is InChI=1S/C17H19FN2/c1-12-10-19-6-5-14(12)11-20-17-8-15(9-17)13-3-2-4-16(18)7-13/h2-7,10,15,17,20H,8-9,11H2,1H3. The molecule has 3 heteroatoms. The average Bonchev–Trinajstić information content (AvgIpc) is 2.39. The Kier molecular flexibility index (Phi) is 3.79. The third-order valence-corrected chi connectivity index (χ3v) is 4.18. The van der Waals surface area contributed by atoms with Gasteiger partial charge in [0.15, 0.2) is 0 Å². The number of halogens is 1. The number of benzene rings is 1. The van der Waals surface area contributed by atoms with Crippen LogP contribution < -0.4 is 5.32 Å². The number of rotatable bonds is 4. The van der Waals surface area contributed by atoms with Gasteiger partial charge < -0.3 is 5.32 Å². The van der Waals surface area contributed by atoms with Gasteiger partial charge in [0.05, 0.1) is 0 Å². The van der Waals surface area contributed by atoms with E-state index in [1.807, 2.05) is 18.5 Å². The lowest BCUT2D eigenvalue weighted by molar-refractivity contribution is 0.289. The van der Waals surface area contributed by atoms with E-state index in [1.54, 1.807) is 12.1 Å². The predicted molar refractivity (Wildman–Crippen MR) is 78.0 cm³/mol. The van der Waals surface area contributed by atoms with E-state index in [-0.39, 0.29) is 5.82 Å². The Morgan fingerprint density at radius 3 is 2.90 bits per heavy atom. The summed E-state index contributed by atoms with van der Waals surface area (Å²) in [5.41, 5.74) is 3.65. The normalized spacial score (nSPS) is 21.5. The van der Waals surface area contributed by atoms with Gasteiger partial charge in [-0.2, -0.15) is 0 Å². The van der Waals surface area contributed by atoms with E-state index in [0.29, 0.717) is 12.0 Å². The van der Waals surface area contributed by atoms with Crippen LogP contribution in [0.2, 0.25) is 0 Å². The van der Waals surface area contributed by atoms with Gasteiger partial charge in [-0.3, -0.25) is 4.98 Å². The summed E-state index contributed by atoms with van der Waals surface area (Å²) in [4.78, 5) is 4.10. The predicted octanol–water partition coefficient (Wildman–Crippen LogP) is 3.56. The Bertz CT molecular complexity index is 591. The van der Waals surface area contributed by atoms with Crippen molar-refractivity contribution in [3.63, 3.8) is 0 Å². The molecular weight excluding hydrogens is 251 g/mol. The highest BCUT2D eigenvalue weighted by Crippen LogP contribution is 2.37. The molecule has 1 aliphatic carbocycles. The van der Waals surface area contributed by atoms with E-state index in [4.69, 9.17) is 0 Å². The lowest BCUT2D eigenvalue weighted by Gasteiger charge is -2.36. The number of hydrogen-bond donors (Lipinski definition) is 1. The van der Waals surface area contributed by atoms with Gasteiger partial charge in [0.2, 0.25) is 0 Å². The number of aryl methyl sites for hydroxylation is 1. The molecule has 1 aromatic carbocycles. The van der Waals surface area contributed by atoms with Gasteiger partial charge in [-0.05, 0) is 60.6 Å². The van der Waals surface area contributed by atoms with Crippen LogP contribution in [0.1, 0.15) is 35.4 Å². The third kappa shape index (κ3) is 2.88. The van der Waals surface area contributed by atoms with Crippen LogP contribution in [0.15, 0.2) is 42.7 Å². The fourth-order valence-corrected chi connectivity index (χ4v) is 2.77. The summed E-state index contributed by atoms with van der Waals surface area (Å²) in [5.74, 6) is 0.369. The molecule has 0 saturated heterocycles. The van der Waals surface area contributed by atoms with Gasteiger partial charge in [-0.25, -0.2) is 4.39 Å². The van der Waals surface area contributed by atoms with Crippen LogP contribution >= 0.6 is 0 Å². The lowest BCUT2D eigenvalue weighted by Crippen LogP contribution is -2.39. The summed E-state index contributed by atoms with van der Waals surface area (Å²) in [6, 6.07) is 9.59. The van der Waals surface area contributed by atoms with E-state index >= 15 is 0 Å². The molecule has 1 fully saturated rings. The molecule has 1 aromatic heterocycles. The summed E-state index contributed by atoms with van der Waals surface area (Å²) in [6.07, 6.45) is 5.91. The van der Waals surface area contributed by atoms with Crippen LogP contribution in [0, 0.1) is 12.7 Å². The number of nitrogens with zero attached hydrogens (tertiary/aromatic N) is 1. The molecule has 3 rings (SSSR count). The van der Waals surface area contributed by atoms with Crippen LogP contribution in [-0.4, -0.2) is 11.0 Å². The molecule has 1 heterocycles. The molecule has 20 heavy (non-hydrogen) atoms. The van der Waals surface area contributed by atoms with E-state index in [0.717, 1.165) is 24.9 Å². The molecule has 1 saturated carbocycles. The van der Waals surface area contributed by atoms with E-state index in [9.17, 15) is 4.39 Å². The summed E-state index contributed by atoms with van der Waals surface area (Å²) in [5, 5.41) is 3.57. The quantitative estimate of drug-likeness (QED) is 0.918. The topological polar surface area (TPSA) is 24.9 Å². The third-order valence-electron chi connectivity index (χ3n) is 4.18. The lowest BCUT2D eigenvalue weighted by atomic mass is 9.76. The Hall–Kier alpha value is -1.74. The number of pyridine rings is 1. The van der Waals surface area contributed by atoms with Crippen LogP contribution in [0.25, 0.3) is 0 Å². The Morgan fingerprint density at radius 2 is 2.15 bits per heavy atom. The van der Waals surface area contributed by atoms with E-state index in [1.165, 1.54) is 17.2 Å². The zero-order valence-electron chi connectivity index (χ0n) is 11.6. The van der Waals surface area contributed by atoms with Crippen LogP contribution in [0.4, 0.5) is 4.39 Å². The summed E-state index contributed by atoms with van der Waals surface area (Å²) < 4.78 is 13.2. The maximum absolute atomic E-state index is 13.2. The molecule has 1 N–H and O–H groups in total. The minimum atomic E-state index is -0.133.